The summed E-state index contributed by atoms with van der Waals surface area (Å²) in [6, 6.07) is 7.79. The van der Waals surface area contributed by atoms with Gasteiger partial charge < -0.3 is 4.57 Å². The van der Waals surface area contributed by atoms with E-state index in [9.17, 15) is 0 Å². The van der Waals surface area contributed by atoms with E-state index >= 15 is 0 Å². The molecule has 2 rings (SSSR count). The average molecular weight is 261 g/mol. The van der Waals surface area contributed by atoms with E-state index in [0.29, 0.717) is 0 Å². The SMILES string of the molecule is Cc1cc2[c-]c(C)n(C)c2cc1C.[Y]. The Morgan fingerprint density at radius 2 is 1.64 bits per heavy atom. The minimum absolute atomic E-state index is 0. The summed E-state index contributed by atoms with van der Waals surface area (Å²) >= 11 is 0. The molecule has 0 saturated carbocycles. The number of rotatable bonds is 0. The van der Waals surface area contributed by atoms with Gasteiger partial charge in [0.2, 0.25) is 0 Å². The molecule has 0 amide bonds. The molecule has 1 aromatic carbocycles. The van der Waals surface area contributed by atoms with Crippen molar-refractivity contribution in [3.8, 4) is 0 Å². The molecule has 71 valence electrons. The summed E-state index contributed by atoms with van der Waals surface area (Å²) < 4.78 is 2.18. The normalized spacial score (nSPS) is 10.3. The van der Waals surface area contributed by atoms with Crippen molar-refractivity contribution in [1.29, 1.82) is 0 Å². The predicted molar refractivity (Wildman–Crippen MR) is 56.0 cm³/mol. The molecule has 1 heterocycles. The van der Waals surface area contributed by atoms with Gasteiger partial charge in [0.05, 0.1) is 0 Å². The van der Waals surface area contributed by atoms with Crippen molar-refractivity contribution < 1.29 is 32.7 Å². The Kier molecular flexibility index (Phi) is 3.55. The number of nitrogens with zero attached hydrogens (tertiary/aromatic N) is 1. The first-order valence-electron chi connectivity index (χ1n) is 4.55. The molecule has 0 N–H and O–H groups in total. The molecule has 1 radical (unpaired) electrons. The third-order valence-corrected chi connectivity index (χ3v) is 2.79. The second-order valence-corrected chi connectivity index (χ2v) is 3.72. The van der Waals surface area contributed by atoms with Crippen LogP contribution in [0.2, 0.25) is 0 Å². The van der Waals surface area contributed by atoms with E-state index in [-0.39, 0.29) is 32.7 Å². The Morgan fingerprint density at radius 3 is 2.29 bits per heavy atom. The van der Waals surface area contributed by atoms with Gasteiger partial charge in [-0.25, -0.2) is 0 Å². The van der Waals surface area contributed by atoms with Crippen molar-refractivity contribution in [2.24, 2.45) is 7.05 Å². The summed E-state index contributed by atoms with van der Waals surface area (Å²) in [5, 5.41) is 1.23. The molecule has 1 nitrogen and oxygen atoms in total. The van der Waals surface area contributed by atoms with Crippen molar-refractivity contribution in [1.82, 2.24) is 4.57 Å². The molecular formula is C12H14NY-. The molecule has 0 unspecified atom stereocenters. The third-order valence-electron chi connectivity index (χ3n) is 2.79. The fraction of sp³-hybridized carbons (Fsp3) is 0.333. The van der Waals surface area contributed by atoms with Crippen LogP contribution in [0.15, 0.2) is 12.1 Å². The van der Waals surface area contributed by atoms with Crippen molar-refractivity contribution >= 4 is 10.9 Å². The van der Waals surface area contributed by atoms with Gasteiger partial charge in [0.25, 0.3) is 0 Å². The summed E-state index contributed by atoms with van der Waals surface area (Å²) in [5.41, 5.74) is 5.16. The van der Waals surface area contributed by atoms with Crippen molar-refractivity contribution in [3.63, 3.8) is 0 Å². The molecule has 0 fully saturated rings. The standard InChI is InChI=1S/C12H14N.Y/c1-8-5-11-7-10(3)13(4)12(11)6-9(8)2;/h5-6H,1-4H3;/q-1;. The fourth-order valence-corrected chi connectivity index (χ4v) is 1.64. The summed E-state index contributed by atoms with van der Waals surface area (Å²) in [5.74, 6) is 0. The van der Waals surface area contributed by atoms with Crippen LogP contribution in [0.4, 0.5) is 0 Å². The molecule has 2 aromatic rings. The van der Waals surface area contributed by atoms with Gasteiger partial charge in [-0.05, 0) is 20.9 Å². The number of benzene rings is 1. The monoisotopic (exact) mass is 261 g/mol. The second-order valence-electron chi connectivity index (χ2n) is 3.72. The Bertz CT molecular complexity index is 469. The topological polar surface area (TPSA) is 4.93 Å². The number of hydrogen-bond donors (Lipinski definition) is 0. The molecule has 0 atom stereocenters. The van der Waals surface area contributed by atoms with Crippen LogP contribution in [-0.2, 0) is 39.8 Å². The van der Waals surface area contributed by atoms with Gasteiger partial charge in [-0.2, -0.15) is 17.5 Å². The van der Waals surface area contributed by atoms with Gasteiger partial charge in [0.1, 0.15) is 0 Å². The molecule has 0 aliphatic heterocycles. The Labute approximate surface area is 110 Å². The van der Waals surface area contributed by atoms with Gasteiger partial charge in [0.15, 0.2) is 0 Å². The quantitative estimate of drug-likeness (QED) is 0.642. The second kappa shape index (κ2) is 4.16. The fourth-order valence-electron chi connectivity index (χ4n) is 1.64. The number of fused-ring (bicyclic) bond motifs is 1. The van der Waals surface area contributed by atoms with Crippen LogP contribution >= 0.6 is 0 Å². The van der Waals surface area contributed by atoms with Crippen LogP contribution in [0.3, 0.4) is 0 Å². The first-order chi connectivity index (χ1) is 6.09. The van der Waals surface area contributed by atoms with Gasteiger partial charge in [-0.15, -0.1) is 5.56 Å². The van der Waals surface area contributed by atoms with E-state index in [0.717, 1.165) is 0 Å². The van der Waals surface area contributed by atoms with E-state index in [1.807, 2.05) is 0 Å². The Hall–Kier alpha value is -0.136. The minimum atomic E-state index is 0. The van der Waals surface area contributed by atoms with E-state index in [4.69, 9.17) is 0 Å². The zero-order chi connectivity index (χ0) is 9.59. The molecule has 2 heteroatoms. The first kappa shape index (κ1) is 11.9. The van der Waals surface area contributed by atoms with Gasteiger partial charge >= 0.3 is 0 Å². The van der Waals surface area contributed by atoms with Crippen molar-refractivity contribution in [2.75, 3.05) is 0 Å². The molecule has 0 aliphatic carbocycles. The maximum atomic E-state index is 3.36. The summed E-state index contributed by atoms with van der Waals surface area (Å²) in [7, 11) is 2.09. The van der Waals surface area contributed by atoms with E-state index in [2.05, 4.69) is 50.6 Å². The number of aryl methyl sites for hydroxylation is 4. The van der Waals surface area contributed by atoms with E-state index in [1.54, 1.807) is 0 Å². The number of hydrogen-bond acceptors (Lipinski definition) is 0. The molecule has 0 spiro atoms. The van der Waals surface area contributed by atoms with Gasteiger partial charge in [-0.1, -0.05) is 29.8 Å². The molecule has 0 aliphatic rings. The summed E-state index contributed by atoms with van der Waals surface area (Å²) in [6.07, 6.45) is 0. The molecular weight excluding hydrogens is 247 g/mol. The zero-order valence-electron chi connectivity index (χ0n) is 9.18. The molecule has 14 heavy (non-hydrogen) atoms. The maximum absolute atomic E-state index is 3.36. The van der Waals surface area contributed by atoms with Crippen LogP contribution in [0.1, 0.15) is 16.8 Å². The largest absolute Gasteiger partial charge is 0.411 e. The molecule has 1 aromatic heterocycles. The Balaban J connectivity index is 0.000000980. The number of aromatic nitrogens is 1. The van der Waals surface area contributed by atoms with Crippen molar-refractivity contribution in [3.05, 3.63) is 35.0 Å². The predicted octanol–water partition coefficient (Wildman–Crippen LogP) is 2.90. The Morgan fingerprint density at radius 1 is 1.07 bits per heavy atom. The van der Waals surface area contributed by atoms with Crippen LogP contribution in [0.25, 0.3) is 10.9 Å². The summed E-state index contributed by atoms with van der Waals surface area (Å²) in [6.45, 7) is 6.38. The maximum Gasteiger partial charge on any atom is 0 e. The summed E-state index contributed by atoms with van der Waals surface area (Å²) in [4.78, 5) is 0. The average Bonchev–Trinajstić information content (AvgIpc) is 2.32. The third kappa shape index (κ3) is 1.80. The molecule has 0 saturated heterocycles. The molecule has 0 bridgehead atoms. The van der Waals surface area contributed by atoms with Gasteiger partial charge in [0, 0.05) is 32.7 Å². The zero-order valence-corrected chi connectivity index (χ0v) is 12.0. The van der Waals surface area contributed by atoms with Crippen LogP contribution in [0, 0.1) is 26.8 Å². The smallest absolute Gasteiger partial charge is 0 e. The van der Waals surface area contributed by atoms with Crippen LogP contribution < -0.4 is 0 Å². The van der Waals surface area contributed by atoms with Crippen LogP contribution in [-0.4, -0.2) is 4.57 Å². The van der Waals surface area contributed by atoms with Gasteiger partial charge in [-0.3, -0.25) is 0 Å². The minimum Gasteiger partial charge on any atom is -0.411 e. The van der Waals surface area contributed by atoms with E-state index in [1.165, 1.54) is 27.7 Å². The van der Waals surface area contributed by atoms with Crippen LogP contribution in [0.5, 0.6) is 0 Å². The van der Waals surface area contributed by atoms with Crippen molar-refractivity contribution in [2.45, 2.75) is 20.8 Å². The first-order valence-corrected chi connectivity index (χ1v) is 4.55. The van der Waals surface area contributed by atoms with E-state index < -0.39 is 0 Å².